The lowest BCUT2D eigenvalue weighted by atomic mass is 10.1. The number of hydrogen-bond donors (Lipinski definition) is 1. The lowest BCUT2D eigenvalue weighted by Gasteiger charge is -2.06. The van der Waals surface area contributed by atoms with Gasteiger partial charge in [-0.2, -0.15) is 0 Å². The summed E-state index contributed by atoms with van der Waals surface area (Å²) >= 11 is 0. The van der Waals surface area contributed by atoms with E-state index in [1.165, 1.54) is 17.7 Å². The molecule has 4 aromatic rings. The molecule has 0 fully saturated rings. The molecule has 0 atom stereocenters. The number of hydrogen-bond acceptors (Lipinski definition) is 3. The Hall–Kier alpha value is -3.21. The van der Waals surface area contributed by atoms with Crippen molar-refractivity contribution in [3.63, 3.8) is 0 Å². The number of aromatic nitrogens is 3. The smallest absolute Gasteiger partial charge is 0.222 e. The molecule has 2 heterocycles. The molecule has 1 amide bonds. The molecule has 0 radical (unpaired) electrons. The minimum Gasteiger partial charge on any atom is -0.311 e. The molecule has 0 bridgehead atoms. The maximum Gasteiger partial charge on any atom is 0.222 e. The highest BCUT2D eigenvalue weighted by atomic mass is 16.1. The summed E-state index contributed by atoms with van der Waals surface area (Å²) in [5.41, 5.74) is 2.54. The predicted octanol–water partition coefficient (Wildman–Crippen LogP) is 3.51. The van der Waals surface area contributed by atoms with E-state index in [1.54, 1.807) is 12.4 Å². The van der Waals surface area contributed by atoms with Crippen LogP contribution in [-0.4, -0.2) is 20.3 Å². The van der Waals surface area contributed by atoms with Gasteiger partial charge in [0.1, 0.15) is 5.82 Å². The van der Waals surface area contributed by atoms with E-state index in [9.17, 15) is 4.79 Å². The number of anilines is 1. The van der Waals surface area contributed by atoms with Crippen LogP contribution in [0, 0.1) is 0 Å². The molecule has 0 unspecified atom stereocenters. The van der Waals surface area contributed by atoms with Crippen LogP contribution in [0.1, 0.15) is 6.92 Å². The molecule has 2 aromatic carbocycles. The van der Waals surface area contributed by atoms with Crippen LogP contribution in [0.4, 0.5) is 5.82 Å². The summed E-state index contributed by atoms with van der Waals surface area (Å²) in [5, 5.41) is 5.13. The van der Waals surface area contributed by atoms with Gasteiger partial charge in [-0.3, -0.25) is 14.2 Å². The number of benzene rings is 2. The Kier molecular flexibility index (Phi) is 3.05. The predicted molar refractivity (Wildman–Crippen MR) is 90.2 cm³/mol. The molecular formula is C18H14N4O. The number of nitrogens with zero attached hydrogens (tertiary/aromatic N) is 3. The lowest BCUT2D eigenvalue weighted by molar-refractivity contribution is -0.114. The minimum atomic E-state index is -0.129. The van der Waals surface area contributed by atoms with E-state index >= 15 is 0 Å². The third-order valence-electron chi connectivity index (χ3n) is 3.75. The Morgan fingerprint density at radius 3 is 2.70 bits per heavy atom. The highest BCUT2D eigenvalue weighted by Gasteiger charge is 2.08. The van der Waals surface area contributed by atoms with Crippen molar-refractivity contribution in [3.8, 4) is 11.3 Å². The van der Waals surface area contributed by atoms with Gasteiger partial charge in [0.2, 0.25) is 5.91 Å². The zero-order valence-corrected chi connectivity index (χ0v) is 12.5. The monoisotopic (exact) mass is 302 g/mol. The molecule has 0 aliphatic rings. The van der Waals surface area contributed by atoms with Crippen LogP contribution in [0.2, 0.25) is 0 Å². The Morgan fingerprint density at radius 1 is 1.04 bits per heavy atom. The fraction of sp³-hybridized carbons (Fsp3) is 0.0556. The van der Waals surface area contributed by atoms with E-state index in [-0.39, 0.29) is 5.91 Å². The van der Waals surface area contributed by atoms with Crippen molar-refractivity contribution in [1.29, 1.82) is 0 Å². The molecule has 0 saturated carbocycles. The first-order valence-electron chi connectivity index (χ1n) is 7.30. The second-order valence-corrected chi connectivity index (χ2v) is 5.39. The largest absolute Gasteiger partial charge is 0.311 e. The van der Waals surface area contributed by atoms with E-state index in [0.717, 1.165) is 11.3 Å². The molecule has 23 heavy (non-hydrogen) atoms. The van der Waals surface area contributed by atoms with Gasteiger partial charge in [0.25, 0.3) is 0 Å². The zero-order chi connectivity index (χ0) is 15.8. The Labute approximate surface area is 132 Å². The molecule has 5 nitrogen and oxygen atoms in total. The molecular weight excluding hydrogens is 288 g/mol. The molecule has 0 aliphatic heterocycles. The molecule has 2 aromatic heterocycles. The average Bonchev–Trinajstić information content (AvgIpc) is 2.96. The molecule has 0 spiro atoms. The number of amides is 1. The molecule has 5 heteroatoms. The number of nitrogens with one attached hydrogen (secondary N) is 1. The second kappa shape index (κ2) is 5.21. The van der Waals surface area contributed by atoms with Gasteiger partial charge >= 0.3 is 0 Å². The maximum atomic E-state index is 11.3. The fourth-order valence-corrected chi connectivity index (χ4v) is 2.66. The van der Waals surface area contributed by atoms with Gasteiger partial charge in [0.05, 0.1) is 18.1 Å². The van der Waals surface area contributed by atoms with Gasteiger partial charge in [-0.25, -0.2) is 4.98 Å². The van der Waals surface area contributed by atoms with Crippen LogP contribution >= 0.6 is 0 Å². The molecule has 0 saturated heterocycles. The molecule has 0 aliphatic carbocycles. The van der Waals surface area contributed by atoms with Gasteiger partial charge in [0, 0.05) is 18.7 Å². The Balaban J connectivity index is 1.84. The standard InChI is InChI=1S/C18H14N4O/c1-12(23)21-18-10-20-17-9-19-16(11-22(17)18)15-7-6-13-4-2-3-5-14(13)8-15/h2-11H,1H3,(H,21,23). The van der Waals surface area contributed by atoms with Crippen molar-refractivity contribution in [2.45, 2.75) is 6.92 Å². The molecule has 112 valence electrons. The van der Waals surface area contributed by atoms with Crippen molar-refractivity contribution in [1.82, 2.24) is 14.4 Å². The Bertz CT molecular complexity index is 1040. The lowest BCUT2D eigenvalue weighted by Crippen LogP contribution is -2.08. The van der Waals surface area contributed by atoms with Gasteiger partial charge < -0.3 is 5.32 Å². The number of rotatable bonds is 2. The third kappa shape index (κ3) is 2.42. The first-order valence-corrected chi connectivity index (χ1v) is 7.30. The van der Waals surface area contributed by atoms with Crippen molar-refractivity contribution >= 4 is 28.1 Å². The summed E-state index contributed by atoms with van der Waals surface area (Å²) in [6.07, 6.45) is 5.22. The van der Waals surface area contributed by atoms with E-state index in [4.69, 9.17) is 0 Å². The van der Waals surface area contributed by atoms with Crippen LogP contribution in [0.15, 0.2) is 61.1 Å². The SMILES string of the molecule is CC(=O)Nc1cnc2cnc(-c3ccc4ccccc4c3)cn12. The summed E-state index contributed by atoms with van der Waals surface area (Å²) in [7, 11) is 0. The summed E-state index contributed by atoms with van der Waals surface area (Å²) in [5.74, 6) is 0.507. The van der Waals surface area contributed by atoms with E-state index in [1.807, 2.05) is 28.8 Å². The first-order chi connectivity index (χ1) is 11.2. The van der Waals surface area contributed by atoms with Crippen molar-refractivity contribution in [2.24, 2.45) is 0 Å². The quantitative estimate of drug-likeness (QED) is 0.616. The highest BCUT2D eigenvalue weighted by molar-refractivity contribution is 5.88. The number of carbonyl (C=O) groups is 1. The van der Waals surface area contributed by atoms with Gasteiger partial charge in [-0.15, -0.1) is 0 Å². The zero-order valence-electron chi connectivity index (χ0n) is 12.5. The van der Waals surface area contributed by atoms with Crippen LogP contribution in [-0.2, 0) is 4.79 Å². The van der Waals surface area contributed by atoms with Gasteiger partial charge in [-0.1, -0.05) is 36.4 Å². The van der Waals surface area contributed by atoms with Crippen LogP contribution < -0.4 is 5.32 Å². The highest BCUT2D eigenvalue weighted by Crippen LogP contribution is 2.24. The fourth-order valence-electron chi connectivity index (χ4n) is 2.66. The van der Waals surface area contributed by atoms with E-state index in [2.05, 4.69) is 39.6 Å². The number of carbonyl (C=O) groups excluding carboxylic acids is 1. The van der Waals surface area contributed by atoms with Crippen LogP contribution in [0.3, 0.4) is 0 Å². The number of imidazole rings is 1. The second-order valence-electron chi connectivity index (χ2n) is 5.39. The summed E-state index contributed by atoms with van der Waals surface area (Å²) in [6, 6.07) is 14.5. The topological polar surface area (TPSA) is 59.3 Å². The Morgan fingerprint density at radius 2 is 1.87 bits per heavy atom. The molecule has 4 rings (SSSR count). The summed E-state index contributed by atoms with van der Waals surface area (Å²) < 4.78 is 1.83. The number of fused-ring (bicyclic) bond motifs is 2. The van der Waals surface area contributed by atoms with Crippen molar-refractivity contribution in [3.05, 3.63) is 61.1 Å². The van der Waals surface area contributed by atoms with E-state index < -0.39 is 0 Å². The minimum absolute atomic E-state index is 0.129. The van der Waals surface area contributed by atoms with Crippen LogP contribution in [0.5, 0.6) is 0 Å². The summed E-state index contributed by atoms with van der Waals surface area (Å²) in [4.78, 5) is 20.0. The van der Waals surface area contributed by atoms with Crippen molar-refractivity contribution in [2.75, 3.05) is 5.32 Å². The molecule has 1 N–H and O–H groups in total. The first kappa shape index (κ1) is 13.5. The van der Waals surface area contributed by atoms with Gasteiger partial charge in [0.15, 0.2) is 5.65 Å². The summed E-state index contributed by atoms with van der Waals surface area (Å²) in [6.45, 7) is 1.48. The van der Waals surface area contributed by atoms with Crippen LogP contribution in [0.25, 0.3) is 27.7 Å². The normalized spacial score (nSPS) is 11.0. The van der Waals surface area contributed by atoms with Gasteiger partial charge in [-0.05, 0) is 16.8 Å². The third-order valence-corrected chi connectivity index (χ3v) is 3.75. The van der Waals surface area contributed by atoms with Crippen molar-refractivity contribution < 1.29 is 4.79 Å². The van der Waals surface area contributed by atoms with E-state index in [0.29, 0.717) is 11.5 Å². The average molecular weight is 302 g/mol. The maximum absolute atomic E-state index is 11.3.